The van der Waals surface area contributed by atoms with Crippen LogP contribution in [0.25, 0.3) is 0 Å². The Morgan fingerprint density at radius 1 is 1.30 bits per heavy atom. The van der Waals surface area contributed by atoms with Crippen LogP contribution in [-0.4, -0.2) is 61.7 Å². The summed E-state index contributed by atoms with van der Waals surface area (Å²) in [5.74, 6) is 0. The molecule has 6 nitrogen and oxygen atoms in total. The van der Waals surface area contributed by atoms with Crippen LogP contribution in [0.3, 0.4) is 0 Å². The van der Waals surface area contributed by atoms with Gasteiger partial charge in [0.25, 0.3) is 0 Å². The number of aliphatic hydroxyl groups excluding tert-OH is 1. The highest BCUT2D eigenvalue weighted by Gasteiger charge is 2.24. The fraction of sp³-hybridized carbons (Fsp3) is 0.538. The first kappa shape index (κ1) is 15.2. The number of sulfonamides is 1. The summed E-state index contributed by atoms with van der Waals surface area (Å²) < 4.78 is 24.3. The Kier molecular flexibility index (Phi) is 4.64. The lowest BCUT2D eigenvalue weighted by Gasteiger charge is -2.34. The van der Waals surface area contributed by atoms with Crippen LogP contribution in [0.5, 0.6) is 0 Å². The van der Waals surface area contributed by atoms with E-state index in [9.17, 15) is 13.5 Å². The molecule has 112 valence electrons. The van der Waals surface area contributed by atoms with E-state index < -0.39 is 16.1 Å². The Morgan fingerprint density at radius 3 is 2.50 bits per heavy atom. The molecule has 20 heavy (non-hydrogen) atoms. The van der Waals surface area contributed by atoms with Crippen LogP contribution < -0.4 is 5.73 Å². The monoisotopic (exact) mass is 299 g/mol. The van der Waals surface area contributed by atoms with Crippen molar-refractivity contribution in [3.63, 3.8) is 0 Å². The molecule has 0 aliphatic carbocycles. The molecule has 0 aromatic heterocycles. The number of rotatable bonds is 4. The van der Waals surface area contributed by atoms with Gasteiger partial charge in [0.15, 0.2) is 0 Å². The minimum atomic E-state index is -3.11. The normalized spacial score (nSPS) is 19.9. The lowest BCUT2D eigenvalue weighted by Crippen LogP contribution is -2.49. The molecule has 1 aromatic rings. The van der Waals surface area contributed by atoms with E-state index in [-0.39, 0.29) is 0 Å². The number of nitrogen functional groups attached to an aromatic ring is 1. The van der Waals surface area contributed by atoms with Crippen LogP contribution in [-0.2, 0) is 10.0 Å². The summed E-state index contributed by atoms with van der Waals surface area (Å²) in [6.07, 6.45) is 0.618. The highest BCUT2D eigenvalue weighted by Crippen LogP contribution is 2.18. The molecule has 1 saturated heterocycles. The highest BCUT2D eigenvalue weighted by atomic mass is 32.2. The lowest BCUT2D eigenvalue weighted by molar-refractivity contribution is 0.0923. The van der Waals surface area contributed by atoms with Crippen molar-refractivity contribution in [2.75, 3.05) is 44.7 Å². The standard InChI is InChI=1S/C13H21N3O3S/c1-20(18,19)16-7-5-15(6-8-16)10-13(17)11-3-2-4-12(14)9-11/h2-4,9,13,17H,5-8,10,14H2,1H3. The molecule has 0 amide bonds. The zero-order valence-electron chi connectivity index (χ0n) is 11.6. The highest BCUT2D eigenvalue weighted by molar-refractivity contribution is 7.88. The van der Waals surface area contributed by atoms with Gasteiger partial charge in [-0.15, -0.1) is 0 Å². The third kappa shape index (κ3) is 3.92. The van der Waals surface area contributed by atoms with Gasteiger partial charge in [0.05, 0.1) is 12.4 Å². The average molecular weight is 299 g/mol. The summed E-state index contributed by atoms with van der Waals surface area (Å²) in [6, 6.07) is 7.20. The molecule has 0 saturated carbocycles. The molecule has 0 radical (unpaired) electrons. The molecule has 1 unspecified atom stereocenters. The first-order valence-electron chi connectivity index (χ1n) is 6.57. The van der Waals surface area contributed by atoms with Gasteiger partial charge in [0.2, 0.25) is 10.0 Å². The van der Waals surface area contributed by atoms with Gasteiger partial charge in [0, 0.05) is 38.4 Å². The second kappa shape index (κ2) is 6.09. The molecule has 7 heteroatoms. The summed E-state index contributed by atoms with van der Waals surface area (Å²) in [6.45, 7) is 2.70. The second-order valence-corrected chi connectivity index (χ2v) is 7.13. The summed E-state index contributed by atoms with van der Waals surface area (Å²) in [5, 5.41) is 10.2. The maximum atomic E-state index is 11.4. The zero-order valence-corrected chi connectivity index (χ0v) is 12.4. The number of nitrogens with two attached hydrogens (primary N) is 1. The number of β-amino-alcohol motifs (C(OH)–C–C–N with tert-alkyl or cyclic N) is 1. The molecule has 0 spiro atoms. The molecule has 3 N–H and O–H groups in total. The van der Waals surface area contributed by atoms with Crippen LogP contribution in [0, 0.1) is 0 Å². The number of hydrogen-bond donors (Lipinski definition) is 2. The van der Waals surface area contributed by atoms with Gasteiger partial charge in [0.1, 0.15) is 0 Å². The molecule has 2 rings (SSSR count). The van der Waals surface area contributed by atoms with Gasteiger partial charge in [-0.05, 0) is 17.7 Å². The van der Waals surface area contributed by atoms with Crippen LogP contribution in [0.15, 0.2) is 24.3 Å². The zero-order chi connectivity index (χ0) is 14.8. The number of anilines is 1. The Labute approximate surface area is 119 Å². The minimum absolute atomic E-state index is 0.475. The topological polar surface area (TPSA) is 86.9 Å². The Morgan fingerprint density at radius 2 is 1.95 bits per heavy atom. The van der Waals surface area contributed by atoms with E-state index in [0.29, 0.717) is 38.4 Å². The smallest absolute Gasteiger partial charge is 0.211 e. The van der Waals surface area contributed by atoms with E-state index in [1.807, 2.05) is 12.1 Å². The fourth-order valence-corrected chi connectivity index (χ4v) is 3.19. The largest absolute Gasteiger partial charge is 0.399 e. The summed E-state index contributed by atoms with van der Waals surface area (Å²) >= 11 is 0. The van der Waals surface area contributed by atoms with Gasteiger partial charge >= 0.3 is 0 Å². The van der Waals surface area contributed by atoms with Crippen molar-refractivity contribution in [1.29, 1.82) is 0 Å². The minimum Gasteiger partial charge on any atom is -0.399 e. The molecule has 1 heterocycles. The Hall–Kier alpha value is -1.15. The Bertz CT molecular complexity index is 554. The Balaban J connectivity index is 1.89. The first-order chi connectivity index (χ1) is 9.36. The van der Waals surface area contributed by atoms with Crippen LogP contribution >= 0.6 is 0 Å². The molecular weight excluding hydrogens is 278 g/mol. The number of nitrogens with zero attached hydrogens (tertiary/aromatic N) is 2. The van der Waals surface area contributed by atoms with Crippen LogP contribution in [0.4, 0.5) is 5.69 Å². The number of piperazine rings is 1. The molecule has 1 aliphatic heterocycles. The maximum Gasteiger partial charge on any atom is 0.211 e. The van der Waals surface area contributed by atoms with E-state index in [4.69, 9.17) is 5.73 Å². The van der Waals surface area contributed by atoms with Gasteiger partial charge < -0.3 is 10.8 Å². The molecule has 1 aliphatic rings. The fourth-order valence-electron chi connectivity index (χ4n) is 2.36. The van der Waals surface area contributed by atoms with Crippen molar-refractivity contribution in [3.8, 4) is 0 Å². The van der Waals surface area contributed by atoms with Gasteiger partial charge in [-0.1, -0.05) is 12.1 Å². The predicted molar refractivity (Wildman–Crippen MR) is 78.7 cm³/mol. The predicted octanol–water partition coefficient (Wildman–Crippen LogP) is -0.121. The van der Waals surface area contributed by atoms with E-state index >= 15 is 0 Å². The number of aliphatic hydroxyl groups is 1. The van der Waals surface area contributed by atoms with Crippen LogP contribution in [0.2, 0.25) is 0 Å². The van der Waals surface area contributed by atoms with Gasteiger partial charge in [-0.25, -0.2) is 8.42 Å². The number of benzene rings is 1. The van der Waals surface area contributed by atoms with Crippen molar-refractivity contribution < 1.29 is 13.5 Å². The average Bonchev–Trinajstić information content (AvgIpc) is 2.38. The van der Waals surface area contributed by atoms with E-state index in [1.165, 1.54) is 10.6 Å². The van der Waals surface area contributed by atoms with Gasteiger partial charge in [-0.3, -0.25) is 4.90 Å². The molecule has 0 bridgehead atoms. The second-order valence-electron chi connectivity index (χ2n) is 5.15. The van der Waals surface area contributed by atoms with E-state index in [0.717, 1.165) is 5.56 Å². The summed E-state index contributed by atoms with van der Waals surface area (Å²) in [5.41, 5.74) is 7.11. The lowest BCUT2D eigenvalue weighted by atomic mass is 10.1. The SMILES string of the molecule is CS(=O)(=O)N1CCN(CC(O)c2cccc(N)c2)CC1. The third-order valence-corrected chi connectivity index (χ3v) is 4.83. The van der Waals surface area contributed by atoms with Crippen molar-refractivity contribution in [3.05, 3.63) is 29.8 Å². The maximum absolute atomic E-state index is 11.4. The van der Waals surface area contributed by atoms with Crippen molar-refractivity contribution in [2.24, 2.45) is 0 Å². The molecular formula is C13H21N3O3S. The van der Waals surface area contributed by atoms with Crippen molar-refractivity contribution in [1.82, 2.24) is 9.21 Å². The van der Waals surface area contributed by atoms with E-state index in [1.54, 1.807) is 12.1 Å². The molecule has 1 atom stereocenters. The van der Waals surface area contributed by atoms with Crippen LogP contribution in [0.1, 0.15) is 11.7 Å². The summed E-state index contributed by atoms with van der Waals surface area (Å²) in [4.78, 5) is 2.07. The molecule has 1 aromatic carbocycles. The quantitative estimate of drug-likeness (QED) is 0.757. The van der Waals surface area contributed by atoms with E-state index in [2.05, 4.69) is 4.90 Å². The van der Waals surface area contributed by atoms with Gasteiger partial charge in [-0.2, -0.15) is 4.31 Å². The number of hydrogen-bond acceptors (Lipinski definition) is 5. The van der Waals surface area contributed by atoms with Crippen molar-refractivity contribution in [2.45, 2.75) is 6.10 Å². The summed E-state index contributed by atoms with van der Waals surface area (Å²) in [7, 11) is -3.11. The third-order valence-electron chi connectivity index (χ3n) is 3.53. The van der Waals surface area contributed by atoms with Crippen molar-refractivity contribution >= 4 is 15.7 Å². The molecule has 1 fully saturated rings. The first-order valence-corrected chi connectivity index (χ1v) is 8.42.